The summed E-state index contributed by atoms with van der Waals surface area (Å²) < 4.78 is 13.7. The highest BCUT2D eigenvalue weighted by Gasteiger charge is 2.22. The Morgan fingerprint density at radius 2 is 1.88 bits per heavy atom. The topological polar surface area (TPSA) is 82.8 Å². The van der Waals surface area contributed by atoms with Crippen molar-refractivity contribution in [2.45, 2.75) is 44.9 Å². The number of para-hydroxylation sites is 1. The molecule has 7 nitrogen and oxygen atoms in total. The minimum Gasteiger partial charge on any atom is -0.480 e. The predicted octanol–water partition coefficient (Wildman–Crippen LogP) is 5.48. The van der Waals surface area contributed by atoms with Crippen LogP contribution in [0, 0.1) is 7.14 Å². The van der Waals surface area contributed by atoms with Crippen LogP contribution in [0.15, 0.2) is 46.3 Å². The molecule has 1 heterocycles. The van der Waals surface area contributed by atoms with E-state index in [1.807, 2.05) is 30.3 Å². The maximum absolute atomic E-state index is 13.3. The van der Waals surface area contributed by atoms with Crippen molar-refractivity contribution in [3.63, 3.8) is 0 Å². The van der Waals surface area contributed by atoms with Crippen molar-refractivity contribution in [2.24, 2.45) is 5.10 Å². The molecule has 3 aromatic rings. The smallest absolute Gasteiger partial charge is 0.344 e. The van der Waals surface area contributed by atoms with Crippen molar-refractivity contribution < 1.29 is 14.3 Å². The monoisotopic (exact) mass is 685 g/mol. The third kappa shape index (κ3) is 5.78. The van der Waals surface area contributed by atoms with E-state index < -0.39 is 5.97 Å². The number of hydrogen-bond acceptors (Lipinski definition) is 6. The Morgan fingerprint density at radius 1 is 1.18 bits per heavy atom. The van der Waals surface area contributed by atoms with Gasteiger partial charge >= 0.3 is 5.97 Å². The number of hydrogen-bond donors (Lipinski definition) is 0. The molecule has 34 heavy (non-hydrogen) atoms. The van der Waals surface area contributed by atoms with Crippen molar-refractivity contribution in [3.05, 3.63) is 65.3 Å². The molecule has 0 spiro atoms. The lowest BCUT2D eigenvalue weighted by molar-refractivity contribution is -0.145. The first-order valence-corrected chi connectivity index (χ1v) is 13.5. The van der Waals surface area contributed by atoms with Gasteiger partial charge in [0.15, 0.2) is 6.61 Å². The zero-order valence-electron chi connectivity index (χ0n) is 18.8. The molecule has 0 atom stereocenters. The highest BCUT2D eigenvalue weighted by Crippen LogP contribution is 2.32. The molecule has 0 amide bonds. The summed E-state index contributed by atoms with van der Waals surface area (Å²) >= 11 is 4.34. The second-order valence-corrected chi connectivity index (χ2v) is 10.4. The lowest BCUT2D eigenvalue weighted by atomic mass is 9.88. The van der Waals surface area contributed by atoms with Crippen LogP contribution >= 0.6 is 45.2 Å². The van der Waals surface area contributed by atoms with Gasteiger partial charge in [-0.05, 0) is 94.8 Å². The van der Waals surface area contributed by atoms with E-state index >= 15 is 0 Å². The predicted molar refractivity (Wildman–Crippen MR) is 149 cm³/mol. The molecule has 1 saturated carbocycles. The highest BCUT2D eigenvalue weighted by molar-refractivity contribution is 14.1. The first-order valence-electron chi connectivity index (χ1n) is 11.3. The molecule has 0 bridgehead atoms. The van der Waals surface area contributed by atoms with E-state index in [2.05, 4.69) is 50.3 Å². The third-order valence-corrected chi connectivity index (χ3v) is 7.33. The zero-order chi connectivity index (χ0) is 24.1. The Bertz CT molecular complexity index is 1260. The molecular formula is C25H25I2N3O4. The molecular weight excluding hydrogens is 660 g/mol. The van der Waals surface area contributed by atoms with Gasteiger partial charge in [-0.3, -0.25) is 4.79 Å². The van der Waals surface area contributed by atoms with Gasteiger partial charge in [-0.2, -0.15) is 9.78 Å². The number of carbonyl (C=O) groups excluding carboxylic acids is 1. The third-order valence-electron chi connectivity index (χ3n) is 5.73. The van der Waals surface area contributed by atoms with Crippen LogP contribution in [0.2, 0.25) is 0 Å². The van der Waals surface area contributed by atoms with Gasteiger partial charge in [0.1, 0.15) is 11.6 Å². The van der Waals surface area contributed by atoms with Crippen LogP contribution in [-0.2, 0) is 9.53 Å². The van der Waals surface area contributed by atoms with Crippen molar-refractivity contribution >= 4 is 68.3 Å². The summed E-state index contributed by atoms with van der Waals surface area (Å²) in [5.41, 5.74) is 1.39. The number of halogens is 2. The first kappa shape index (κ1) is 25.1. The highest BCUT2D eigenvalue weighted by atomic mass is 127. The number of esters is 1. The summed E-state index contributed by atoms with van der Waals surface area (Å²) in [7, 11) is 0. The van der Waals surface area contributed by atoms with Crippen LogP contribution in [0.4, 0.5) is 0 Å². The zero-order valence-corrected chi connectivity index (χ0v) is 23.1. The van der Waals surface area contributed by atoms with Crippen molar-refractivity contribution in [2.75, 3.05) is 13.2 Å². The molecule has 1 aliphatic rings. The van der Waals surface area contributed by atoms with Crippen LogP contribution in [0.3, 0.4) is 0 Å². The van der Waals surface area contributed by atoms with Crippen molar-refractivity contribution in [1.82, 2.24) is 9.66 Å². The Labute approximate surface area is 225 Å². The SMILES string of the molecule is CCOC(=O)COc1c(I)cc(C=Nn2c(C3CCCCC3)nc3ccccc3c2=O)cc1I. The van der Waals surface area contributed by atoms with Gasteiger partial charge in [0, 0.05) is 5.92 Å². The van der Waals surface area contributed by atoms with Gasteiger partial charge in [-0.1, -0.05) is 31.4 Å². The Balaban J connectivity index is 1.67. The summed E-state index contributed by atoms with van der Waals surface area (Å²) in [6.07, 6.45) is 7.22. The van der Waals surface area contributed by atoms with E-state index in [0.717, 1.165) is 44.2 Å². The second-order valence-electron chi connectivity index (χ2n) is 8.09. The largest absolute Gasteiger partial charge is 0.480 e. The van der Waals surface area contributed by atoms with Gasteiger partial charge in [0.2, 0.25) is 0 Å². The van der Waals surface area contributed by atoms with Crippen LogP contribution in [-0.4, -0.2) is 35.1 Å². The van der Waals surface area contributed by atoms with Gasteiger partial charge < -0.3 is 9.47 Å². The van der Waals surface area contributed by atoms with Gasteiger partial charge in [0.25, 0.3) is 5.56 Å². The molecule has 1 aliphatic carbocycles. The molecule has 178 valence electrons. The maximum atomic E-state index is 13.3. The van der Waals surface area contributed by atoms with Crippen LogP contribution in [0.25, 0.3) is 10.9 Å². The Hall–Kier alpha value is -2.02. The quantitative estimate of drug-likeness (QED) is 0.187. The number of ether oxygens (including phenoxy) is 2. The molecule has 1 fully saturated rings. The molecule has 0 radical (unpaired) electrons. The fourth-order valence-electron chi connectivity index (χ4n) is 4.13. The van der Waals surface area contributed by atoms with E-state index in [-0.39, 0.29) is 18.1 Å². The Kier molecular flexibility index (Phi) is 8.56. The first-order chi connectivity index (χ1) is 16.5. The normalized spacial score (nSPS) is 14.6. The van der Waals surface area contributed by atoms with Crippen LogP contribution in [0.5, 0.6) is 5.75 Å². The molecule has 9 heteroatoms. The number of rotatable bonds is 7. The van der Waals surface area contributed by atoms with E-state index in [9.17, 15) is 9.59 Å². The molecule has 0 aliphatic heterocycles. The van der Waals surface area contributed by atoms with E-state index in [0.29, 0.717) is 23.3 Å². The fourth-order valence-corrected chi connectivity index (χ4v) is 6.26. The number of fused-ring (bicyclic) bond motifs is 1. The minimum absolute atomic E-state index is 0.143. The van der Waals surface area contributed by atoms with Crippen molar-refractivity contribution in [3.8, 4) is 5.75 Å². The fraction of sp³-hybridized carbons (Fsp3) is 0.360. The van der Waals surface area contributed by atoms with Gasteiger partial charge in [-0.25, -0.2) is 9.78 Å². The van der Waals surface area contributed by atoms with E-state index in [1.165, 1.54) is 11.1 Å². The molecule has 0 N–H and O–H groups in total. The second kappa shape index (κ2) is 11.6. The summed E-state index contributed by atoms with van der Waals surface area (Å²) in [4.78, 5) is 29.8. The summed E-state index contributed by atoms with van der Waals surface area (Å²) in [5, 5.41) is 5.17. The number of carbonyl (C=O) groups is 1. The van der Waals surface area contributed by atoms with E-state index in [1.54, 1.807) is 19.2 Å². The maximum Gasteiger partial charge on any atom is 0.344 e. The number of nitrogens with zero attached hydrogens (tertiary/aromatic N) is 3. The molecule has 4 rings (SSSR count). The van der Waals surface area contributed by atoms with Gasteiger partial charge in [-0.15, -0.1) is 0 Å². The standard InChI is InChI=1S/C25H25I2N3O4/c1-2-33-22(31)15-34-23-19(26)12-16(13-20(23)27)14-28-30-24(17-8-4-3-5-9-17)29-21-11-7-6-10-18(21)25(30)32/h6-7,10-14,17H,2-5,8-9,15H2,1H3. The summed E-state index contributed by atoms with van der Waals surface area (Å²) in [6, 6.07) is 11.3. The van der Waals surface area contributed by atoms with Gasteiger partial charge in [0.05, 0.1) is 30.9 Å². The lowest BCUT2D eigenvalue weighted by Gasteiger charge is -2.22. The minimum atomic E-state index is -0.404. The average Bonchev–Trinajstić information content (AvgIpc) is 2.83. The molecule has 2 aromatic carbocycles. The van der Waals surface area contributed by atoms with Crippen LogP contribution in [0.1, 0.15) is 56.3 Å². The molecule has 0 unspecified atom stereocenters. The summed E-state index contributed by atoms with van der Waals surface area (Å²) in [6.45, 7) is 1.93. The summed E-state index contributed by atoms with van der Waals surface area (Å²) in [5.74, 6) is 1.18. The molecule has 1 aromatic heterocycles. The average molecular weight is 685 g/mol. The number of aromatic nitrogens is 2. The Morgan fingerprint density at radius 3 is 2.59 bits per heavy atom. The lowest BCUT2D eigenvalue weighted by Crippen LogP contribution is -2.25. The molecule has 0 saturated heterocycles. The number of benzene rings is 2. The van der Waals surface area contributed by atoms with E-state index in [4.69, 9.17) is 14.5 Å². The van der Waals surface area contributed by atoms with Crippen LogP contribution < -0.4 is 10.3 Å². The van der Waals surface area contributed by atoms with Crippen molar-refractivity contribution in [1.29, 1.82) is 0 Å².